The highest BCUT2D eigenvalue weighted by Gasteiger charge is 2.45. The van der Waals surface area contributed by atoms with Crippen LogP contribution in [0.2, 0.25) is 0 Å². The first-order valence-electron chi connectivity index (χ1n) is 13.9. The molecule has 202 valence electrons. The van der Waals surface area contributed by atoms with Crippen LogP contribution >= 0.6 is 0 Å². The molecule has 5 heteroatoms. The highest BCUT2D eigenvalue weighted by atomic mass is 16.6. The average molecular weight is 506 g/mol. The number of carbonyl (C=O) groups is 1. The third kappa shape index (κ3) is 8.36. The molecule has 0 saturated carbocycles. The minimum atomic E-state index is -0.384. The second-order valence-electron chi connectivity index (χ2n) is 10.9. The largest absolute Gasteiger partial charge is 0.380 e. The second kappa shape index (κ2) is 13.1. The highest BCUT2D eigenvalue weighted by molar-refractivity contribution is 5.82. The lowest BCUT2D eigenvalue weighted by Crippen LogP contribution is -2.50. The van der Waals surface area contributed by atoms with Crippen LogP contribution in [0.5, 0.6) is 0 Å². The SMILES string of the molecule is C=C(CCC)N[C@@H](C)C(=O)NC(Cc1ccc(CC)cc1)C(=C)N[C@@H](CC1=CCCC1)C(=C)[C@@]1(C)CO1. The number of carbonyl (C=O) groups excluding carboxylic acids is 1. The van der Waals surface area contributed by atoms with Gasteiger partial charge < -0.3 is 20.7 Å². The molecular formula is C32H47N3O2. The third-order valence-corrected chi connectivity index (χ3v) is 7.61. The van der Waals surface area contributed by atoms with E-state index in [0.29, 0.717) is 13.0 Å². The Balaban J connectivity index is 1.76. The number of benzene rings is 1. The van der Waals surface area contributed by atoms with Crippen LogP contribution in [0.15, 0.2) is 72.6 Å². The Bertz CT molecular complexity index is 1000. The molecule has 1 fully saturated rings. The molecule has 1 heterocycles. The van der Waals surface area contributed by atoms with Crippen LogP contribution in [-0.2, 0) is 22.4 Å². The number of amides is 1. The summed E-state index contributed by atoms with van der Waals surface area (Å²) in [4.78, 5) is 13.2. The number of hydrogen-bond donors (Lipinski definition) is 3. The van der Waals surface area contributed by atoms with Gasteiger partial charge in [0.15, 0.2) is 0 Å². The van der Waals surface area contributed by atoms with Crippen LogP contribution in [0.3, 0.4) is 0 Å². The molecule has 1 aromatic rings. The number of epoxide rings is 1. The average Bonchev–Trinajstić information content (AvgIpc) is 3.41. The summed E-state index contributed by atoms with van der Waals surface area (Å²) in [7, 11) is 0. The number of rotatable bonds is 16. The van der Waals surface area contributed by atoms with E-state index in [4.69, 9.17) is 4.74 Å². The predicted octanol–water partition coefficient (Wildman–Crippen LogP) is 5.89. The molecule has 0 spiro atoms. The molecule has 3 rings (SSSR count). The van der Waals surface area contributed by atoms with E-state index in [9.17, 15) is 4.79 Å². The fourth-order valence-electron chi connectivity index (χ4n) is 4.88. The zero-order valence-electron chi connectivity index (χ0n) is 23.4. The van der Waals surface area contributed by atoms with Gasteiger partial charge in [-0.05, 0) is 75.5 Å². The van der Waals surface area contributed by atoms with E-state index < -0.39 is 0 Å². The normalized spacial score (nSPS) is 20.8. The van der Waals surface area contributed by atoms with Gasteiger partial charge in [-0.15, -0.1) is 0 Å². The Morgan fingerprint density at radius 1 is 1.03 bits per heavy atom. The van der Waals surface area contributed by atoms with Crippen molar-refractivity contribution in [1.82, 2.24) is 16.0 Å². The maximum absolute atomic E-state index is 13.2. The lowest BCUT2D eigenvalue weighted by molar-refractivity contribution is -0.123. The van der Waals surface area contributed by atoms with E-state index >= 15 is 0 Å². The van der Waals surface area contributed by atoms with Gasteiger partial charge in [-0.1, -0.05) is 75.9 Å². The summed E-state index contributed by atoms with van der Waals surface area (Å²) < 4.78 is 5.74. The standard InChI is InChI=1S/C32H47N3O2/c1-8-12-22(3)33-25(6)31(36)35-30(20-28-17-15-26(9-2)16-18-28)24(5)34-29(19-27-13-10-11-14-27)23(4)32(7)21-37-32/h13,15-18,25,29-30,33-34H,3-5,8-12,14,19-21H2,1-2,6-7H3,(H,35,36)/t25-,29-,30?,32+/m0/s1. The molecule has 2 aliphatic rings. The molecule has 0 bridgehead atoms. The summed E-state index contributed by atoms with van der Waals surface area (Å²) in [5, 5.41) is 10.2. The second-order valence-corrected chi connectivity index (χ2v) is 10.9. The van der Waals surface area contributed by atoms with Gasteiger partial charge in [0.1, 0.15) is 11.6 Å². The zero-order valence-corrected chi connectivity index (χ0v) is 23.4. The molecule has 1 saturated heterocycles. The number of ether oxygens (including phenoxy) is 1. The van der Waals surface area contributed by atoms with Gasteiger partial charge >= 0.3 is 0 Å². The van der Waals surface area contributed by atoms with E-state index in [1.807, 2.05) is 6.92 Å². The Morgan fingerprint density at radius 3 is 2.27 bits per heavy atom. The van der Waals surface area contributed by atoms with Crippen LogP contribution in [0.4, 0.5) is 0 Å². The first kappa shape index (κ1) is 28.8. The number of nitrogens with one attached hydrogen (secondary N) is 3. The number of aryl methyl sites for hydroxylation is 1. The molecule has 3 N–H and O–H groups in total. The van der Waals surface area contributed by atoms with Crippen LogP contribution in [0, 0.1) is 0 Å². The minimum absolute atomic E-state index is 0.00565. The molecule has 1 aliphatic heterocycles. The Kier molecular flexibility index (Phi) is 10.2. The van der Waals surface area contributed by atoms with Gasteiger partial charge in [-0.25, -0.2) is 0 Å². The van der Waals surface area contributed by atoms with E-state index in [1.165, 1.54) is 17.6 Å². The van der Waals surface area contributed by atoms with Crippen molar-refractivity contribution in [2.24, 2.45) is 0 Å². The van der Waals surface area contributed by atoms with Gasteiger partial charge in [0.25, 0.3) is 0 Å². The molecule has 5 nitrogen and oxygen atoms in total. The lowest BCUT2D eigenvalue weighted by Gasteiger charge is -2.31. The van der Waals surface area contributed by atoms with Gasteiger partial charge in [-0.2, -0.15) is 0 Å². The van der Waals surface area contributed by atoms with E-state index in [1.54, 1.807) is 0 Å². The van der Waals surface area contributed by atoms with Crippen molar-refractivity contribution in [1.29, 1.82) is 0 Å². The maximum Gasteiger partial charge on any atom is 0.242 e. The highest BCUT2D eigenvalue weighted by Crippen LogP contribution is 2.38. The van der Waals surface area contributed by atoms with E-state index in [2.05, 4.69) is 86.8 Å². The Hall–Kier alpha value is -2.79. The monoisotopic (exact) mass is 505 g/mol. The van der Waals surface area contributed by atoms with Crippen molar-refractivity contribution in [2.75, 3.05) is 6.61 Å². The van der Waals surface area contributed by atoms with Gasteiger partial charge in [-0.3, -0.25) is 4.79 Å². The van der Waals surface area contributed by atoms with Gasteiger partial charge in [0.2, 0.25) is 5.91 Å². The minimum Gasteiger partial charge on any atom is -0.380 e. The fraction of sp³-hybridized carbons (Fsp3) is 0.531. The summed E-state index contributed by atoms with van der Waals surface area (Å²) in [6.07, 6.45) is 10.2. The number of allylic oxidation sites excluding steroid dienone is 2. The summed E-state index contributed by atoms with van der Waals surface area (Å²) >= 11 is 0. The van der Waals surface area contributed by atoms with Crippen LogP contribution in [0.1, 0.15) is 77.3 Å². The van der Waals surface area contributed by atoms with E-state index in [0.717, 1.165) is 61.1 Å². The topological polar surface area (TPSA) is 65.7 Å². The van der Waals surface area contributed by atoms with Crippen LogP contribution in [-0.4, -0.2) is 36.2 Å². The molecule has 1 aromatic carbocycles. The molecule has 4 atom stereocenters. The van der Waals surface area contributed by atoms with Crippen LogP contribution in [0.25, 0.3) is 0 Å². The Morgan fingerprint density at radius 2 is 1.70 bits per heavy atom. The maximum atomic E-state index is 13.2. The third-order valence-electron chi connectivity index (χ3n) is 7.61. The van der Waals surface area contributed by atoms with Gasteiger partial charge in [0.05, 0.1) is 18.7 Å². The lowest BCUT2D eigenvalue weighted by atomic mass is 9.90. The predicted molar refractivity (Wildman–Crippen MR) is 154 cm³/mol. The van der Waals surface area contributed by atoms with Crippen molar-refractivity contribution >= 4 is 5.91 Å². The van der Waals surface area contributed by atoms with Crippen molar-refractivity contribution in [3.63, 3.8) is 0 Å². The first-order chi connectivity index (χ1) is 17.6. The molecular weight excluding hydrogens is 458 g/mol. The number of hydrogen-bond acceptors (Lipinski definition) is 4. The summed E-state index contributed by atoms with van der Waals surface area (Å²) in [5.74, 6) is -0.0678. The summed E-state index contributed by atoms with van der Waals surface area (Å²) in [6.45, 7) is 21.8. The molecule has 1 unspecified atom stereocenters. The molecule has 1 aliphatic carbocycles. The van der Waals surface area contributed by atoms with Crippen molar-refractivity contribution in [3.8, 4) is 0 Å². The molecule has 37 heavy (non-hydrogen) atoms. The van der Waals surface area contributed by atoms with E-state index in [-0.39, 0.29) is 29.6 Å². The first-order valence-corrected chi connectivity index (χ1v) is 13.9. The van der Waals surface area contributed by atoms with Crippen molar-refractivity contribution < 1.29 is 9.53 Å². The van der Waals surface area contributed by atoms with Crippen LogP contribution < -0.4 is 16.0 Å². The summed E-state index contributed by atoms with van der Waals surface area (Å²) in [6, 6.07) is 7.96. The van der Waals surface area contributed by atoms with Crippen molar-refractivity contribution in [2.45, 2.75) is 103 Å². The molecule has 0 radical (unpaired) electrons. The quantitative estimate of drug-likeness (QED) is 0.194. The van der Waals surface area contributed by atoms with Crippen molar-refractivity contribution in [3.05, 3.63) is 83.7 Å². The summed E-state index contributed by atoms with van der Waals surface area (Å²) in [5.41, 5.74) is 6.35. The fourth-order valence-corrected chi connectivity index (χ4v) is 4.88. The zero-order chi connectivity index (χ0) is 27.0. The van der Waals surface area contributed by atoms with Gasteiger partial charge in [0, 0.05) is 11.4 Å². The smallest absolute Gasteiger partial charge is 0.242 e. The Labute approximate surface area is 224 Å². The molecule has 0 aromatic heterocycles. The molecule has 1 amide bonds.